The fraction of sp³-hybridized carbons (Fsp3) is 0.231. The van der Waals surface area contributed by atoms with Crippen molar-refractivity contribution in [3.05, 3.63) is 56.7 Å². The Balaban J connectivity index is 2.10. The summed E-state index contributed by atoms with van der Waals surface area (Å²) in [6.45, 7) is 2.04. The fourth-order valence-corrected chi connectivity index (χ4v) is 2.61. The molecule has 1 heterocycles. The lowest BCUT2D eigenvalue weighted by atomic mass is 10.0. The molecule has 0 aliphatic rings. The molecule has 0 saturated carbocycles. The second-order valence-electron chi connectivity index (χ2n) is 3.84. The largest absolute Gasteiger partial charge is 0.388 e. The van der Waals surface area contributed by atoms with Gasteiger partial charge in [0.2, 0.25) is 0 Å². The Morgan fingerprint density at radius 1 is 1.38 bits per heavy atom. The molecule has 1 aromatic carbocycles. The third kappa shape index (κ3) is 2.85. The molecule has 16 heavy (non-hydrogen) atoms. The van der Waals surface area contributed by atoms with Gasteiger partial charge < -0.3 is 5.11 Å². The van der Waals surface area contributed by atoms with E-state index in [1.54, 1.807) is 11.3 Å². The van der Waals surface area contributed by atoms with Crippen molar-refractivity contribution in [1.82, 2.24) is 0 Å². The van der Waals surface area contributed by atoms with Gasteiger partial charge in [-0.15, -0.1) is 11.3 Å². The first-order valence-corrected chi connectivity index (χ1v) is 6.38. The van der Waals surface area contributed by atoms with Gasteiger partial charge >= 0.3 is 0 Å². The van der Waals surface area contributed by atoms with Crippen LogP contribution in [0.1, 0.15) is 22.1 Å². The molecule has 1 nitrogen and oxygen atoms in total. The maximum atomic E-state index is 10.0. The Morgan fingerprint density at radius 2 is 2.19 bits per heavy atom. The summed E-state index contributed by atoms with van der Waals surface area (Å²) >= 11 is 7.56. The average Bonchev–Trinajstić information content (AvgIpc) is 2.65. The van der Waals surface area contributed by atoms with E-state index >= 15 is 0 Å². The minimum absolute atomic E-state index is 0.441. The van der Waals surface area contributed by atoms with Crippen molar-refractivity contribution in [2.75, 3.05) is 0 Å². The van der Waals surface area contributed by atoms with Crippen LogP contribution in [0, 0.1) is 6.92 Å². The van der Waals surface area contributed by atoms with E-state index in [4.69, 9.17) is 11.6 Å². The zero-order valence-electron chi connectivity index (χ0n) is 8.98. The topological polar surface area (TPSA) is 20.2 Å². The Labute approximate surface area is 104 Å². The highest BCUT2D eigenvalue weighted by Crippen LogP contribution is 2.24. The van der Waals surface area contributed by atoms with Gasteiger partial charge in [-0.05, 0) is 41.6 Å². The average molecular weight is 253 g/mol. The molecule has 0 aliphatic carbocycles. The molecule has 1 atom stereocenters. The molecule has 1 aromatic heterocycles. The van der Waals surface area contributed by atoms with Crippen LogP contribution in [0.15, 0.2) is 35.7 Å². The van der Waals surface area contributed by atoms with Crippen LogP contribution in [0.25, 0.3) is 0 Å². The highest BCUT2D eigenvalue weighted by atomic mass is 35.5. The van der Waals surface area contributed by atoms with E-state index in [0.29, 0.717) is 11.4 Å². The Bertz CT molecular complexity index is 478. The van der Waals surface area contributed by atoms with Gasteiger partial charge in [-0.3, -0.25) is 0 Å². The van der Waals surface area contributed by atoms with E-state index in [-0.39, 0.29) is 0 Å². The molecular formula is C13H13ClOS. The third-order valence-corrected chi connectivity index (χ3v) is 3.57. The van der Waals surface area contributed by atoms with Crippen LogP contribution in [0.5, 0.6) is 0 Å². The van der Waals surface area contributed by atoms with Gasteiger partial charge in [-0.25, -0.2) is 0 Å². The molecule has 0 aliphatic heterocycles. The van der Waals surface area contributed by atoms with E-state index in [9.17, 15) is 5.11 Å². The summed E-state index contributed by atoms with van der Waals surface area (Å²) in [5.41, 5.74) is 2.05. The Morgan fingerprint density at radius 3 is 2.81 bits per heavy atom. The summed E-state index contributed by atoms with van der Waals surface area (Å²) in [4.78, 5) is 1.22. The lowest BCUT2D eigenvalue weighted by molar-refractivity contribution is 0.179. The summed E-state index contributed by atoms with van der Waals surface area (Å²) in [5.74, 6) is 0. The molecule has 0 amide bonds. The van der Waals surface area contributed by atoms with Gasteiger partial charge in [0.1, 0.15) is 0 Å². The predicted octanol–water partition coefficient (Wildman–Crippen LogP) is 3.99. The summed E-state index contributed by atoms with van der Waals surface area (Å²) < 4.78 is 0. The molecule has 3 heteroatoms. The van der Waals surface area contributed by atoms with Gasteiger partial charge in [0.05, 0.1) is 6.10 Å². The molecule has 1 N–H and O–H groups in total. The number of thiophene rings is 1. The van der Waals surface area contributed by atoms with Crippen molar-refractivity contribution in [3.63, 3.8) is 0 Å². The lowest BCUT2D eigenvalue weighted by Crippen LogP contribution is -2.00. The maximum absolute atomic E-state index is 10.0. The second-order valence-corrected chi connectivity index (χ2v) is 5.39. The van der Waals surface area contributed by atoms with Gasteiger partial charge in [0.15, 0.2) is 0 Å². The summed E-state index contributed by atoms with van der Waals surface area (Å²) in [6.07, 6.45) is 0.167. The van der Waals surface area contributed by atoms with Crippen LogP contribution >= 0.6 is 22.9 Å². The highest BCUT2D eigenvalue weighted by molar-refractivity contribution is 7.10. The molecule has 0 saturated heterocycles. The molecule has 0 spiro atoms. The van der Waals surface area contributed by atoms with Crippen molar-refractivity contribution in [2.45, 2.75) is 19.4 Å². The number of rotatable bonds is 3. The molecule has 0 fully saturated rings. The first-order valence-electron chi connectivity index (χ1n) is 5.12. The smallest absolute Gasteiger partial charge is 0.0838 e. The SMILES string of the molecule is Cc1cc(C(O)Cc2cccc(Cl)c2)cs1. The molecule has 1 unspecified atom stereocenters. The van der Waals surface area contributed by atoms with Crippen molar-refractivity contribution < 1.29 is 5.11 Å². The molecule has 2 rings (SSSR count). The number of hydrogen-bond donors (Lipinski definition) is 1. The minimum Gasteiger partial charge on any atom is -0.388 e. The number of hydrogen-bond acceptors (Lipinski definition) is 2. The fourth-order valence-electron chi connectivity index (χ4n) is 1.64. The lowest BCUT2D eigenvalue weighted by Gasteiger charge is -2.08. The monoisotopic (exact) mass is 252 g/mol. The van der Waals surface area contributed by atoms with Crippen molar-refractivity contribution in [1.29, 1.82) is 0 Å². The predicted molar refractivity (Wildman–Crippen MR) is 69.2 cm³/mol. The highest BCUT2D eigenvalue weighted by Gasteiger charge is 2.10. The van der Waals surface area contributed by atoms with Crippen LogP contribution in [-0.4, -0.2) is 5.11 Å². The van der Waals surface area contributed by atoms with Gasteiger partial charge in [0.25, 0.3) is 0 Å². The number of aliphatic hydroxyl groups is 1. The van der Waals surface area contributed by atoms with Crippen molar-refractivity contribution in [2.24, 2.45) is 0 Å². The number of aliphatic hydroxyl groups excluding tert-OH is 1. The summed E-state index contributed by atoms with van der Waals surface area (Å²) in [5, 5.41) is 12.8. The number of aryl methyl sites for hydroxylation is 1. The Hall–Kier alpha value is -0.830. The number of benzene rings is 1. The first kappa shape index (κ1) is 11.6. The van der Waals surface area contributed by atoms with E-state index in [1.165, 1.54) is 4.88 Å². The molecule has 0 radical (unpaired) electrons. The van der Waals surface area contributed by atoms with Crippen LogP contribution in [0.3, 0.4) is 0 Å². The van der Waals surface area contributed by atoms with E-state index in [1.807, 2.05) is 42.6 Å². The maximum Gasteiger partial charge on any atom is 0.0838 e. The van der Waals surface area contributed by atoms with Crippen LogP contribution < -0.4 is 0 Å². The van der Waals surface area contributed by atoms with E-state index in [0.717, 1.165) is 11.1 Å². The van der Waals surface area contributed by atoms with Gasteiger partial charge in [-0.1, -0.05) is 23.7 Å². The zero-order chi connectivity index (χ0) is 11.5. The summed E-state index contributed by atoms with van der Waals surface area (Å²) in [6, 6.07) is 9.65. The van der Waals surface area contributed by atoms with E-state index in [2.05, 4.69) is 0 Å². The molecule has 0 bridgehead atoms. The third-order valence-electron chi connectivity index (χ3n) is 2.45. The minimum atomic E-state index is -0.441. The zero-order valence-corrected chi connectivity index (χ0v) is 10.6. The van der Waals surface area contributed by atoms with E-state index < -0.39 is 6.10 Å². The second kappa shape index (κ2) is 5.00. The standard InChI is InChI=1S/C13H13ClOS/c1-9-5-11(8-16-9)13(15)7-10-3-2-4-12(14)6-10/h2-6,8,13,15H,7H2,1H3. The molecule has 84 valence electrons. The van der Waals surface area contributed by atoms with Crippen molar-refractivity contribution in [3.8, 4) is 0 Å². The van der Waals surface area contributed by atoms with Crippen LogP contribution in [0.4, 0.5) is 0 Å². The van der Waals surface area contributed by atoms with Gasteiger partial charge in [-0.2, -0.15) is 0 Å². The molecular weight excluding hydrogens is 240 g/mol. The van der Waals surface area contributed by atoms with Crippen molar-refractivity contribution >= 4 is 22.9 Å². The van der Waals surface area contributed by atoms with Crippen LogP contribution in [0.2, 0.25) is 5.02 Å². The first-order chi connectivity index (χ1) is 7.65. The van der Waals surface area contributed by atoms with Crippen LogP contribution in [-0.2, 0) is 6.42 Å². The summed E-state index contributed by atoms with van der Waals surface area (Å²) in [7, 11) is 0. The quantitative estimate of drug-likeness (QED) is 0.876. The normalized spacial score (nSPS) is 12.7. The Kier molecular flexibility index (Phi) is 3.64. The molecule has 2 aromatic rings. The van der Waals surface area contributed by atoms with Gasteiger partial charge in [0, 0.05) is 16.3 Å². The number of halogens is 1.